The highest BCUT2D eigenvalue weighted by atomic mass is 19.3. The minimum absolute atomic E-state index is 0.0350. The highest BCUT2D eigenvalue weighted by Crippen LogP contribution is 2.72. The summed E-state index contributed by atoms with van der Waals surface area (Å²) in [6.45, 7) is 0.907. The molecule has 1 aliphatic rings. The first kappa shape index (κ1) is 13.2. The van der Waals surface area contributed by atoms with Crippen molar-refractivity contribution in [2.24, 2.45) is 0 Å². The maximum atomic E-state index is 13.3. The second-order valence-corrected chi connectivity index (χ2v) is 5.22. The van der Waals surface area contributed by atoms with E-state index in [-0.39, 0.29) is 5.56 Å². The fourth-order valence-electron chi connectivity index (χ4n) is 2.53. The average molecular weight is 280 g/mol. The van der Waals surface area contributed by atoms with Gasteiger partial charge in [0.25, 0.3) is 0 Å². The van der Waals surface area contributed by atoms with E-state index in [0.29, 0.717) is 0 Å². The van der Waals surface area contributed by atoms with Crippen molar-refractivity contribution in [1.29, 1.82) is 0 Å². The van der Waals surface area contributed by atoms with Crippen LogP contribution >= 0.6 is 0 Å². The van der Waals surface area contributed by atoms with Gasteiger partial charge in [0.1, 0.15) is 5.41 Å². The summed E-state index contributed by atoms with van der Waals surface area (Å²) in [6.07, 6.45) is 0. The zero-order valence-corrected chi connectivity index (χ0v) is 10.7. The molecule has 0 heterocycles. The molecule has 0 saturated heterocycles. The zero-order chi connectivity index (χ0) is 14.6. The summed E-state index contributed by atoms with van der Waals surface area (Å²) in [5.74, 6) is -7.96. The molecule has 1 saturated carbocycles. The minimum Gasteiger partial charge on any atom is -0.199 e. The van der Waals surface area contributed by atoms with Gasteiger partial charge < -0.3 is 0 Å². The van der Waals surface area contributed by atoms with Gasteiger partial charge in [0, 0.05) is 0 Å². The van der Waals surface area contributed by atoms with Crippen molar-refractivity contribution in [3.63, 3.8) is 0 Å². The zero-order valence-electron chi connectivity index (χ0n) is 10.7. The Balaban J connectivity index is 1.97. The molecule has 1 fully saturated rings. The third-order valence-electron chi connectivity index (χ3n) is 4.16. The molecule has 0 spiro atoms. The van der Waals surface area contributed by atoms with E-state index in [1.54, 1.807) is 12.1 Å². The molecule has 0 aromatic heterocycles. The van der Waals surface area contributed by atoms with Crippen LogP contribution < -0.4 is 0 Å². The standard InChI is InChI=1S/C16H12F4/c1-14(15(17,18)16(14,19)20)13-9-7-12(8-10-13)11-5-3-2-4-6-11/h2-10H,1H3. The summed E-state index contributed by atoms with van der Waals surface area (Å²) in [5.41, 5.74) is -0.703. The van der Waals surface area contributed by atoms with Gasteiger partial charge in [-0.25, -0.2) is 0 Å². The highest BCUT2D eigenvalue weighted by molar-refractivity contribution is 5.64. The summed E-state index contributed by atoms with van der Waals surface area (Å²) < 4.78 is 53.3. The van der Waals surface area contributed by atoms with Crippen molar-refractivity contribution in [3.05, 3.63) is 60.2 Å². The van der Waals surface area contributed by atoms with E-state index in [1.807, 2.05) is 30.3 Å². The molecule has 0 unspecified atom stereocenters. The first-order chi connectivity index (χ1) is 9.32. The Morgan fingerprint density at radius 1 is 0.650 bits per heavy atom. The number of alkyl halides is 4. The van der Waals surface area contributed by atoms with Crippen LogP contribution in [0.5, 0.6) is 0 Å². The Morgan fingerprint density at radius 3 is 1.55 bits per heavy atom. The minimum atomic E-state index is -3.98. The van der Waals surface area contributed by atoms with Gasteiger partial charge in [0.05, 0.1) is 0 Å². The van der Waals surface area contributed by atoms with E-state index < -0.39 is 17.3 Å². The van der Waals surface area contributed by atoms with Gasteiger partial charge in [-0.2, -0.15) is 17.6 Å². The van der Waals surface area contributed by atoms with E-state index in [9.17, 15) is 17.6 Å². The van der Waals surface area contributed by atoms with Crippen molar-refractivity contribution < 1.29 is 17.6 Å². The number of halogens is 4. The lowest BCUT2D eigenvalue weighted by Gasteiger charge is -2.10. The van der Waals surface area contributed by atoms with E-state index >= 15 is 0 Å². The lowest BCUT2D eigenvalue weighted by molar-refractivity contribution is -0.0278. The SMILES string of the molecule is CC1(c2ccc(-c3ccccc3)cc2)C(F)(F)C1(F)F. The summed E-state index contributed by atoms with van der Waals surface area (Å²) in [6, 6.07) is 15.2. The number of hydrogen-bond acceptors (Lipinski definition) is 0. The largest absolute Gasteiger partial charge is 0.326 e. The Bertz CT molecular complexity index is 615. The summed E-state index contributed by atoms with van der Waals surface area (Å²) in [7, 11) is 0. The second kappa shape index (κ2) is 3.84. The van der Waals surface area contributed by atoms with Gasteiger partial charge in [-0.15, -0.1) is 0 Å². The van der Waals surface area contributed by atoms with Crippen LogP contribution in [0, 0.1) is 0 Å². The molecule has 4 heteroatoms. The summed E-state index contributed by atoms with van der Waals surface area (Å²) in [5, 5.41) is 0. The third kappa shape index (κ3) is 1.42. The van der Waals surface area contributed by atoms with Crippen LogP contribution in [-0.4, -0.2) is 11.8 Å². The first-order valence-corrected chi connectivity index (χ1v) is 6.24. The van der Waals surface area contributed by atoms with Crippen LogP contribution in [0.3, 0.4) is 0 Å². The molecule has 1 aliphatic carbocycles. The summed E-state index contributed by atoms with van der Waals surface area (Å²) in [4.78, 5) is 0. The molecule has 104 valence electrons. The molecule has 0 nitrogen and oxygen atoms in total. The normalized spacial score (nSPS) is 21.4. The van der Waals surface area contributed by atoms with Crippen LogP contribution in [0.2, 0.25) is 0 Å². The van der Waals surface area contributed by atoms with Crippen LogP contribution in [0.15, 0.2) is 54.6 Å². The number of benzene rings is 2. The van der Waals surface area contributed by atoms with Crippen LogP contribution in [0.25, 0.3) is 11.1 Å². The maximum Gasteiger partial charge on any atom is 0.326 e. The smallest absolute Gasteiger partial charge is 0.199 e. The molecular formula is C16H12F4. The molecule has 20 heavy (non-hydrogen) atoms. The Kier molecular flexibility index (Phi) is 2.53. The van der Waals surface area contributed by atoms with Gasteiger partial charge in [-0.1, -0.05) is 54.6 Å². The topological polar surface area (TPSA) is 0 Å². The first-order valence-electron chi connectivity index (χ1n) is 6.24. The lowest BCUT2D eigenvalue weighted by Crippen LogP contribution is -2.12. The molecule has 0 N–H and O–H groups in total. The van der Waals surface area contributed by atoms with Crippen molar-refractivity contribution in [2.45, 2.75) is 24.2 Å². The van der Waals surface area contributed by atoms with Gasteiger partial charge in [-0.05, 0) is 23.6 Å². The molecule has 0 bridgehead atoms. The molecule has 2 aromatic rings. The van der Waals surface area contributed by atoms with Crippen molar-refractivity contribution in [3.8, 4) is 11.1 Å². The van der Waals surface area contributed by atoms with E-state index in [2.05, 4.69) is 0 Å². The molecule has 0 aliphatic heterocycles. The van der Waals surface area contributed by atoms with E-state index in [1.165, 1.54) is 12.1 Å². The predicted octanol–water partition coefficient (Wildman–Crippen LogP) is 4.90. The van der Waals surface area contributed by atoms with Gasteiger partial charge >= 0.3 is 11.8 Å². The Labute approximate surface area is 114 Å². The van der Waals surface area contributed by atoms with Crippen molar-refractivity contribution >= 4 is 0 Å². The lowest BCUT2D eigenvalue weighted by atomic mass is 9.94. The molecule has 0 atom stereocenters. The van der Waals surface area contributed by atoms with Gasteiger partial charge in [0.2, 0.25) is 0 Å². The van der Waals surface area contributed by atoms with E-state index in [0.717, 1.165) is 18.1 Å². The van der Waals surface area contributed by atoms with Crippen LogP contribution in [-0.2, 0) is 5.41 Å². The fourth-order valence-corrected chi connectivity index (χ4v) is 2.53. The number of rotatable bonds is 2. The highest BCUT2D eigenvalue weighted by Gasteiger charge is 2.94. The van der Waals surface area contributed by atoms with Crippen molar-refractivity contribution in [1.82, 2.24) is 0 Å². The van der Waals surface area contributed by atoms with Crippen molar-refractivity contribution in [2.75, 3.05) is 0 Å². The second-order valence-electron chi connectivity index (χ2n) is 5.22. The molecule has 0 radical (unpaired) electrons. The Hall–Kier alpha value is -1.84. The molecule has 2 aromatic carbocycles. The quantitative estimate of drug-likeness (QED) is 0.687. The Morgan fingerprint density at radius 2 is 1.10 bits per heavy atom. The molecular weight excluding hydrogens is 268 g/mol. The van der Waals surface area contributed by atoms with Crippen LogP contribution in [0.1, 0.15) is 12.5 Å². The monoisotopic (exact) mass is 280 g/mol. The maximum absolute atomic E-state index is 13.3. The van der Waals surface area contributed by atoms with Gasteiger partial charge in [0.15, 0.2) is 0 Å². The predicted molar refractivity (Wildman–Crippen MR) is 69.1 cm³/mol. The third-order valence-corrected chi connectivity index (χ3v) is 4.16. The molecule has 0 amide bonds. The fraction of sp³-hybridized carbons (Fsp3) is 0.250. The number of hydrogen-bond donors (Lipinski definition) is 0. The van der Waals surface area contributed by atoms with E-state index in [4.69, 9.17) is 0 Å². The summed E-state index contributed by atoms with van der Waals surface area (Å²) >= 11 is 0. The van der Waals surface area contributed by atoms with Crippen LogP contribution in [0.4, 0.5) is 17.6 Å². The average Bonchev–Trinajstić information content (AvgIpc) is 2.78. The molecule has 3 rings (SSSR count). The van der Waals surface area contributed by atoms with Gasteiger partial charge in [-0.3, -0.25) is 0 Å².